The molecule has 3 aromatic rings. The second kappa shape index (κ2) is 7.28. The van der Waals surface area contributed by atoms with Crippen molar-refractivity contribution in [1.29, 1.82) is 0 Å². The van der Waals surface area contributed by atoms with Crippen molar-refractivity contribution in [2.45, 2.75) is 32.6 Å². The van der Waals surface area contributed by atoms with Gasteiger partial charge in [0.25, 0.3) is 5.91 Å². The van der Waals surface area contributed by atoms with Crippen LogP contribution in [0.5, 0.6) is 0 Å². The van der Waals surface area contributed by atoms with E-state index < -0.39 is 0 Å². The van der Waals surface area contributed by atoms with Gasteiger partial charge in [-0.05, 0) is 61.9 Å². The lowest BCUT2D eigenvalue weighted by atomic mass is 10.0. The fourth-order valence-electron chi connectivity index (χ4n) is 3.63. The second-order valence-electron chi connectivity index (χ2n) is 6.98. The van der Waals surface area contributed by atoms with Crippen LogP contribution in [0.4, 0.5) is 0 Å². The topological polar surface area (TPSA) is 61.9 Å². The van der Waals surface area contributed by atoms with Crippen LogP contribution in [-0.2, 0) is 6.42 Å². The molecule has 5 heteroatoms. The Balaban J connectivity index is 1.47. The largest absolute Gasteiger partial charge is 0.339 e. The van der Waals surface area contributed by atoms with Gasteiger partial charge in [-0.1, -0.05) is 6.07 Å². The molecule has 0 spiro atoms. The third-order valence-corrected chi connectivity index (χ3v) is 5.02. The molecule has 4 rings (SSSR count). The average Bonchev–Trinajstić information content (AvgIpc) is 3.16. The van der Waals surface area contributed by atoms with Gasteiger partial charge in [-0.25, -0.2) is 0 Å². The lowest BCUT2D eigenvalue weighted by molar-refractivity contribution is 0.0724. The van der Waals surface area contributed by atoms with Crippen molar-refractivity contribution in [3.8, 4) is 0 Å². The molecule has 1 aliphatic rings. The van der Waals surface area contributed by atoms with E-state index in [2.05, 4.69) is 40.7 Å². The van der Waals surface area contributed by atoms with Gasteiger partial charge < -0.3 is 4.90 Å². The van der Waals surface area contributed by atoms with E-state index in [-0.39, 0.29) is 5.91 Å². The van der Waals surface area contributed by atoms with Crippen LogP contribution in [0.25, 0.3) is 10.9 Å². The number of aromatic amines is 1. The van der Waals surface area contributed by atoms with E-state index in [4.69, 9.17) is 0 Å². The fraction of sp³-hybridized carbons (Fsp3) is 0.333. The van der Waals surface area contributed by atoms with E-state index in [0.29, 0.717) is 0 Å². The first-order valence-corrected chi connectivity index (χ1v) is 9.22. The first-order valence-electron chi connectivity index (χ1n) is 9.22. The van der Waals surface area contributed by atoms with E-state index in [1.807, 2.05) is 23.2 Å². The number of likely N-dealkylation sites (tertiary alicyclic amines) is 1. The Bertz CT molecular complexity index is 925. The minimum absolute atomic E-state index is 0.123. The van der Waals surface area contributed by atoms with E-state index in [1.54, 1.807) is 6.20 Å². The van der Waals surface area contributed by atoms with Crippen LogP contribution < -0.4 is 0 Å². The Labute approximate surface area is 153 Å². The van der Waals surface area contributed by atoms with Gasteiger partial charge in [0.2, 0.25) is 0 Å². The number of H-pyrrole nitrogens is 1. The summed E-state index contributed by atoms with van der Waals surface area (Å²) in [6.07, 6.45) is 9.86. The summed E-state index contributed by atoms with van der Waals surface area (Å²) < 4.78 is 0. The van der Waals surface area contributed by atoms with Crippen molar-refractivity contribution >= 4 is 16.8 Å². The van der Waals surface area contributed by atoms with Gasteiger partial charge in [-0.2, -0.15) is 5.10 Å². The van der Waals surface area contributed by atoms with Crippen LogP contribution in [0.15, 0.2) is 36.7 Å². The second-order valence-corrected chi connectivity index (χ2v) is 6.98. The fourth-order valence-corrected chi connectivity index (χ4v) is 3.63. The molecule has 0 atom stereocenters. The van der Waals surface area contributed by atoms with Gasteiger partial charge in [-0.3, -0.25) is 14.9 Å². The summed E-state index contributed by atoms with van der Waals surface area (Å²) in [5.41, 5.74) is 5.06. The minimum Gasteiger partial charge on any atom is -0.339 e. The van der Waals surface area contributed by atoms with E-state index in [1.165, 1.54) is 17.5 Å². The van der Waals surface area contributed by atoms with E-state index in [9.17, 15) is 4.79 Å². The SMILES string of the molecule is Cc1cc(C[CH]c2cc(C(=O)N3CCCCC3)ccn2)cc2cn[nH]c12. The Morgan fingerprint density at radius 3 is 2.92 bits per heavy atom. The Kier molecular flexibility index (Phi) is 4.69. The predicted octanol–water partition coefficient (Wildman–Crippen LogP) is 3.69. The first-order chi connectivity index (χ1) is 12.7. The number of aromatic nitrogens is 3. The highest BCUT2D eigenvalue weighted by atomic mass is 16.2. The summed E-state index contributed by atoms with van der Waals surface area (Å²) in [5, 5.41) is 8.25. The molecule has 1 fully saturated rings. The molecular weight excluding hydrogens is 324 g/mol. The zero-order valence-electron chi connectivity index (χ0n) is 15.0. The molecule has 0 unspecified atom stereocenters. The average molecular weight is 347 g/mol. The number of fused-ring (bicyclic) bond motifs is 1. The summed E-state index contributed by atoms with van der Waals surface area (Å²) >= 11 is 0. The van der Waals surface area contributed by atoms with Gasteiger partial charge in [-0.15, -0.1) is 0 Å². The molecular formula is C21H23N4O. The molecule has 0 bridgehead atoms. The number of amides is 1. The Morgan fingerprint density at radius 2 is 2.08 bits per heavy atom. The number of rotatable bonds is 4. The highest BCUT2D eigenvalue weighted by Crippen LogP contribution is 2.20. The van der Waals surface area contributed by atoms with Gasteiger partial charge >= 0.3 is 0 Å². The predicted molar refractivity (Wildman–Crippen MR) is 102 cm³/mol. The van der Waals surface area contributed by atoms with Crippen LogP contribution in [0.1, 0.15) is 46.4 Å². The van der Waals surface area contributed by atoms with Crippen LogP contribution in [0.2, 0.25) is 0 Å². The maximum atomic E-state index is 12.7. The minimum atomic E-state index is 0.123. The quantitative estimate of drug-likeness (QED) is 0.783. The zero-order chi connectivity index (χ0) is 17.9. The molecule has 1 N–H and O–H groups in total. The van der Waals surface area contributed by atoms with Crippen LogP contribution in [0, 0.1) is 13.3 Å². The number of aryl methyl sites for hydroxylation is 1. The molecule has 0 aliphatic carbocycles. The molecule has 5 nitrogen and oxygen atoms in total. The maximum absolute atomic E-state index is 12.7. The number of carbonyl (C=O) groups excluding carboxylic acids is 1. The molecule has 2 aromatic heterocycles. The van der Waals surface area contributed by atoms with Gasteiger partial charge in [0.15, 0.2) is 0 Å². The molecule has 1 amide bonds. The number of piperidine rings is 1. The summed E-state index contributed by atoms with van der Waals surface area (Å²) in [6.45, 7) is 3.81. The van der Waals surface area contributed by atoms with Crippen LogP contribution in [0.3, 0.4) is 0 Å². The third-order valence-electron chi connectivity index (χ3n) is 5.02. The van der Waals surface area contributed by atoms with Crippen molar-refractivity contribution in [3.63, 3.8) is 0 Å². The Morgan fingerprint density at radius 1 is 1.23 bits per heavy atom. The van der Waals surface area contributed by atoms with E-state index in [0.717, 1.165) is 54.5 Å². The monoisotopic (exact) mass is 347 g/mol. The number of nitrogens with zero attached hydrogens (tertiary/aromatic N) is 3. The van der Waals surface area contributed by atoms with Crippen LogP contribution >= 0.6 is 0 Å². The van der Waals surface area contributed by atoms with Crippen molar-refractivity contribution in [2.24, 2.45) is 0 Å². The third kappa shape index (κ3) is 3.47. The lowest BCUT2D eigenvalue weighted by Crippen LogP contribution is -2.35. The van der Waals surface area contributed by atoms with Crippen molar-refractivity contribution in [3.05, 3.63) is 65.5 Å². The standard InChI is InChI=1S/C21H23N4O/c1-15-11-16(12-18-14-23-24-20(15)18)5-6-19-13-17(7-8-22-19)21(26)25-9-3-2-4-10-25/h6-8,11-14H,2-5,9-10H2,1H3,(H,23,24). The molecule has 1 aliphatic heterocycles. The summed E-state index contributed by atoms with van der Waals surface area (Å²) in [4.78, 5) is 19.0. The van der Waals surface area contributed by atoms with Gasteiger partial charge in [0, 0.05) is 42.4 Å². The van der Waals surface area contributed by atoms with Crippen molar-refractivity contribution in [1.82, 2.24) is 20.1 Å². The zero-order valence-corrected chi connectivity index (χ0v) is 15.0. The molecule has 133 valence electrons. The van der Waals surface area contributed by atoms with Crippen molar-refractivity contribution < 1.29 is 4.79 Å². The van der Waals surface area contributed by atoms with Crippen molar-refractivity contribution in [2.75, 3.05) is 13.1 Å². The molecule has 1 saturated heterocycles. The summed E-state index contributed by atoms with van der Waals surface area (Å²) in [5.74, 6) is 0.123. The Hall–Kier alpha value is -2.69. The van der Waals surface area contributed by atoms with Gasteiger partial charge in [0.1, 0.15) is 0 Å². The first kappa shape index (κ1) is 16.8. The highest BCUT2D eigenvalue weighted by molar-refractivity contribution is 5.94. The maximum Gasteiger partial charge on any atom is 0.253 e. The molecule has 26 heavy (non-hydrogen) atoms. The number of benzene rings is 1. The summed E-state index contributed by atoms with van der Waals surface area (Å²) in [7, 11) is 0. The number of pyridine rings is 1. The number of nitrogens with one attached hydrogen (secondary N) is 1. The van der Waals surface area contributed by atoms with Gasteiger partial charge in [0.05, 0.1) is 11.7 Å². The van der Waals surface area contributed by atoms with Crippen LogP contribution in [-0.4, -0.2) is 39.1 Å². The number of hydrogen-bond acceptors (Lipinski definition) is 3. The highest BCUT2D eigenvalue weighted by Gasteiger charge is 2.18. The molecule has 3 heterocycles. The molecule has 0 saturated carbocycles. The molecule has 1 aromatic carbocycles. The summed E-state index contributed by atoms with van der Waals surface area (Å²) in [6, 6.07) is 8.03. The molecule has 1 radical (unpaired) electrons. The normalized spacial score (nSPS) is 14.7. The smallest absolute Gasteiger partial charge is 0.253 e. The number of hydrogen-bond donors (Lipinski definition) is 1. The number of carbonyl (C=O) groups is 1. The lowest BCUT2D eigenvalue weighted by Gasteiger charge is -2.26. The van der Waals surface area contributed by atoms with E-state index >= 15 is 0 Å².